The number of aromatic nitrogens is 1. The number of carbonyl (C=O) groups is 1. The Morgan fingerprint density at radius 2 is 2.30 bits per heavy atom. The van der Waals surface area contributed by atoms with Crippen molar-refractivity contribution in [2.75, 3.05) is 19.6 Å². The Labute approximate surface area is 119 Å². The molecule has 1 aromatic heterocycles. The van der Waals surface area contributed by atoms with E-state index in [-0.39, 0.29) is 17.6 Å². The third-order valence-corrected chi connectivity index (χ3v) is 4.21. The van der Waals surface area contributed by atoms with E-state index in [1.807, 2.05) is 0 Å². The number of hydrogen-bond donors (Lipinski definition) is 2. The van der Waals surface area contributed by atoms with Crippen LogP contribution in [0.15, 0.2) is 24.5 Å². The predicted molar refractivity (Wildman–Crippen MR) is 75.5 cm³/mol. The summed E-state index contributed by atoms with van der Waals surface area (Å²) >= 11 is 0. The maximum absolute atomic E-state index is 12.0. The van der Waals surface area contributed by atoms with Crippen molar-refractivity contribution in [2.45, 2.75) is 37.4 Å². The van der Waals surface area contributed by atoms with Crippen LogP contribution < -0.4 is 10.6 Å². The summed E-state index contributed by atoms with van der Waals surface area (Å²) in [4.78, 5) is 15.9. The minimum absolute atomic E-state index is 0.0182. The fourth-order valence-electron chi connectivity index (χ4n) is 3.11. The molecule has 3 heterocycles. The Kier molecular flexibility index (Phi) is 3.98. The van der Waals surface area contributed by atoms with Gasteiger partial charge in [0, 0.05) is 31.0 Å². The van der Waals surface area contributed by atoms with Gasteiger partial charge in [0.2, 0.25) is 0 Å². The topological polar surface area (TPSA) is 63.2 Å². The first kappa shape index (κ1) is 13.5. The van der Waals surface area contributed by atoms with Gasteiger partial charge in [0.25, 0.3) is 5.91 Å². The van der Waals surface area contributed by atoms with Crippen LogP contribution in [0.1, 0.15) is 36.0 Å². The monoisotopic (exact) mass is 275 g/mol. The summed E-state index contributed by atoms with van der Waals surface area (Å²) < 4.78 is 6.23. The third kappa shape index (κ3) is 2.99. The molecule has 2 N–H and O–H groups in total. The smallest absolute Gasteiger partial charge is 0.251 e. The van der Waals surface area contributed by atoms with Gasteiger partial charge in [-0.1, -0.05) is 0 Å². The second kappa shape index (κ2) is 5.89. The second-order valence-corrected chi connectivity index (χ2v) is 5.69. The van der Waals surface area contributed by atoms with Gasteiger partial charge in [0.15, 0.2) is 0 Å². The second-order valence-electron chi connectivity index (χ2n) is 5.69. The quantitative estimate of drug-likeness (QED) is 0.867. The fourth-order valence-corrected chi connectivity index (χ4v) is 3.11. The van der Waals surface area contributed by atoms with Crippen molar-refractivity contribution in [3.05, 3.63) is 30.1 Å². The van der Waals surface area contributed by atoms with Crippen molar-refractivity contribution in [3.8, 4) is 0 Å². The molecule has 1 aromatic rings. The van der Waals surface area contributed by atoms with Gasteiger partial charge >= 0.3 is 0 Å². The first-order valence-electron chi connectivity index (χ1n) is 7.34. The molecule has 108 valence electrons. The Hall–Kier alpha value is -1.46. The lowest BCUT2D eigenvalue weighted by Crippen LogP contribution is -2.46. The van der Waals surface area contributed by atoms with E-state index < -0.39 is 0 Å². The van der Waals surface area contributed by atoms with Crippen molar-refractivity contribution < 1.29 is 9.53 Å². The number of rotatable bonds is 3. The summed E-state index contributed by atoms with van der Waals surface area (Å²) in [5.41, 5.74) is 0.665. The van der Waals surface area contributed by atoms with Crippen LogP contribution in [0.25, 0.3) is 0 Å². The molecular formula is C15H21N3O2. The first-order chi connectivity index (χ1) is 9.77. The highest BCUT2D eigenvalue weighted by Crippen LogP contribution is 2.33. The largest absolute Gasteiger partial charge is 0.369 e. The molecule has 2 aliphatic rings. The van der Waals surface area contributed by atoms with Crippen molar-refractivity contribution >= 4 is 5.91 Å². The maximum Gasteiger partial charge on any atom is 0.251 e. The van der Waals surface area contributed by atoms with Gasteiger partial charge in [-0.3, -0.25) is 9.78 Å². The molecule has 5 nitrogen and oxygen atoms in total. The summed E-state index contributed by atoms with van der Waals surface area (Å²) in [6.07, 6.45) is 7.82. The first-order valence-corrected chi connectivity index (χ1v) is 7.34. The molecule has 2 aliphatic heterocycles. The number of carbonyl (C=O) groups excluding carboxylic acids is 1. The average Bonchev–Trinajstić information content (AvgIpc) is 2.93. The number of nitrogens with zero attached hydrogens (tertiary/aromatic N) is 1. The summed E-state index contributed by atoms with van der Waals surface area (Å²) in [5.74, 6) is -0.0554. The minimum atomic E-state index is -0.0554. The van der Waals surface area contributed by atoms with E-state index >= 15 is 0 Å². The van der Waals surface area contributed by atoms with E-state index in [2.05, 4.69) is 15.6 Å². The number of ether oxygens (including phenoxy) is 1. The van der Waals surface area contributed by atoms with Gasteiger partial charge < -0.3 is 15.4 Å². The Morgan fingerprint density at radius 3 is 3.05 bits per heavy atom. The number of pyridine rings is 1. The lowest BCUT2D eigenvalue weighted by atomic mass is 9.90. The molecular weight excluding hydrogens is 254 g/mol. The van der Waals surface area contributed by atoms with Crippen molar-refractivity contribution in [3.63, 3.8) is 0 Å². The lowest BCUT2D eigenvalue weighted by molar-refractivity contribution is -0.113. The van der Waals surface area contributed by atoms with Crippen LogP contribution >= 0.6 is 0 Å². The molecule has 0 aromatic carbocycles. The summed E-state index contributed by atoms with van der Waals surface area (Å²) in [7, 11) is 0. The van der Waals surface area contributed by atoms with Gasteiger partial charge in [0.1, 0.15) is 0 Å². The summed E-state index contributed by atoms with van der Waals surface area (Å²) in [5, 5.41) is 6.34. The highest BCUT2D eigenvalue weighted by molar-refractivity contribution is 5.93. The highest BCUT2D eigenvalue weighted by atomic mass is 16.5. The van der Waals surface area contributed by atoms with Crippen LogP contribution in [-0.2, 0) is 4.74 Å². The van der Waals surface area contributed by atoms with Gasteiger partial charge in [-0.15, -0.1) is 0 Å². The number of nitrogens with one attached hydrogen (secondary N) is 2. The minimum Gasteiger partial charge on any atom is -0.369 e. The van der Waals surface area contributed by atoms with Crippen LogP contribution in [0.5, 0.6) is 0 Å². The molecule has 1 spiro atoms. The zero-order valence-electron chi connectivity index (χ0n) is 11.6. The number of hydrogen-bond acceptors (Lipinski definition) is 4. The molecule has 0 aliphatic carbocycles. The van der Waals surface area contributed by atoms with Crippen LogP contribution in [0, 0.1) is 0 Å². The molecule has 2 fully saturated rings. The molecule has 1 amide bonds. The Balaban J connectivity index is 1.52. The zero-order valence-corrected chi connectivity index (χ0v) is 11.6. The van der Waals surface area contributed by atoms with E-state index in [0.29, 0.717) is 12.1 Å². The molecule has 3 rings (SSSR count). The molecule has 2 atom stereocenters. The van der Waals surface area contributed by atoms with Crippen LogP contribution in [0.4, 0.5) is 0 Å². The van der Waals surface area contributed by atoms with Crippen molar-refractivity contribution in [1.29, 1.82) is 0 Å². The van der Waals surface area contributed by atoms with Crippen LogP contribution in [0.3, 0.4) is 0 Å². The zero-order chi connectivity index (χ0) is 13.8. The SMILES string of the molecule is O=C(NC[C@@H]1CCC[C@]2(CCNC2)O1)c1ccncc1. The van der Waals surface area contributed by atoms with Crippen LogP contribution in [-0.4, -0.2) is 42.2 Å². The molecule has 5 heteroatoms. The fraction of sp³-hybridized carbons (Fsp3) is 0.600. The summed E-state index contributed by atoms with van der Waals surface area (Å²) in [6.45, 7) is 2.57. The van der Waals surface area contributed by atoms with E-state index in [9.17, 15) is 4.79 Å². The van der Waals surface area contributed by atoms with Gasteiger partial charge in [-0.2, -0.15) is 0 Å². The van der Waals surface area contributed by atoms with Gasteiger partial charge in [-0.05, 0) is 44.4 Å². The normalized spacial score (nSPS) is 29.5. The van der Waals surface area contributed by atoms with E-state index in [1.165, 1.54) is 6.42 Å². The van der Waals surface area contributed by atoms with E-state index in [0.717, 1.165) is 32.4 Å². The van der Waals surface area contributed by atoms with Crippen LogP contribution in [0.2, 0.25) is 0 Å². The maximum atomic E-state index is 12.0. The summed E-state index contributed by atoms with van der Waals surface area (Å²) in [6, 6.07) is 3.44. The molecule has 20 heavy (non-hydrogen) atoms. The van der Waals surface area contributed by atoms with Gasteiger partial charge in [-0.25, -0.2) is 0 Å². The Bertz CT molecular complexity index is 457. The predicted octanol–water partition coefficient (Wildman–Crippen LogP) is 1.11. The molecule has 2 saturated heterocycles. The molecule has 0 unspecified atom stereocenters. The lowest BCUT2D eigenvalue weighted by Gasteiger charge is -2.38. The van der Waals surface area contributed by atoms with Crippen molar-refractivity contribution in [2.24, 2.45) is 0 Å². The molecule has 0 radical (unpaired) electrons. The number of amides is 1. The average molecular weight is 275 g/mol. The third-order valence-electron chi connectivity index (χ3n) is 4.21. The van der Waals surface area contributed by atoms with E-state index in [4.69, 9.17) is 4.74 Å². The standard InChI is InChI=1S/C15H21N3O2/c19-14(12-3-7-16-8-4-12)18-10-13-2-1-5-15(20-13)6-9-17-11-15/h3-4,7-8,13,17H,1-2,5-6,9-11H2,(H,18,19)/t13-,15+/m0/s1. The highest BCUT2D eigenvalue weighted by Gasteiger charge is 2.39. The Morgan fingerprint density at radius 1 is 1.45 bits per heavy atom. The van der Waals surface area contributed by atoms with E-state index in [1.54, 1.807) is 24.5 Å². The van der Waals surface area contributed by atoms with Gasteiger partial charge in [0.05, 0.1) is 11.7 Å². The molecule has 0 bridgehead atoms. The molecule has 0 saturated carbocycles. The van der Waals surface area contributed by atoms with Crippen molar-refractivity contribution in [1.82, 2.24) is 15.6 Å².